The van der Waals surface area contributed by atoms with E-state index in [4.69, 9.17) is 9.97 Å². The minimum absolute atomic E-state index is 0.848. The molecule has 0 atom stereocenters. The van der Waals surface area contributed by atoms with Gasteiger partial charge in [-0.1, -0.05) is 60.7 Å². The third-order valence-corrected chi connectivity index (χ3v) is 9.94. The van der Waals surface area contributed by atoms with Crippen molar-refractivity contribution in [2.24, 2.45) is 0 Å². The van der Waals surface area contributed by atoms with Gasteiger partial charge in [0.05, 0.1) is 42.9 Å². The van der Waals surface area contributed by atoms with Crippen molar-refractivity contribution in [3.63, 3.8) is 0 Å². The summed E-state index contributed by atoms with van der Waals surface area (Å²) in [5, 5.41) is 4.67. The fourth-order valence-corrected chi connectivity index (χ4v) is 8.20. The first kappa shape index (κ1) is 21.3. The summed E-state index contributed by atoms with van der Waals surface area (Å²) in [6.07, 6.45) is 1.81. The summed E-state index contributed by atoms with van der Waals surface area (Å²) >= 11 is 3.74. The normalized spacial score (nSPS) is 12.1. The van der Waals surface area contributed by atoms with Gasteiger partial charge in [-0.3, -0.25) is 9.55 Å². The summed E-state index contributed by atoms with van der Waals surface area (Å²) in [6, 6.07) is 36.0. The Hall–Kier alpha value is -4.65. The van der Waals surface area contributed by atoms with Crippen LogP contribution in [0.25, 0.3) is 79.6 Å². The van der Waals surface area contributed by atoms with Crippen molar-refractivity contribution in [2.45, 2.75) is 0 Å². The van der Waals surface area contributed by atoms with Crippen LogP contribution in [-0.2, 0) is 0 Å². The van der Waals surface area contributed by atoms with E-state index in [0.717, 1.165) is 39.0 Å². The fourth-order valence-electron chi connectivity index (χ4n) is 5.70. The Bertz CT molecular complexity index is 2310. The standard InChI is InChI=1S/C33H18N4S2/c1-3-10-25-21(7-1)30-32(38-25)33-31(22-8-2-4-11-26(22)39-33)37(30)27-17-15-20-13-12-19-14-16-24(23-9-5-6-18-34-23)35-28(19)29(20)36-27/h1-18H. The number of rotatable bonds is 2. The maximum absolute atomic E-state index is 5.34. The quantitative estimate of drug-likeness (QED) is 0.208. The molecule has 182 valence electrons. The minimum Gasteiger partial charge on any atom is -0.291 e. The van der Waals surface area contributed by atoms with E-state index in [9.17, 15) is 0 Å². The van der Waals surface area contributed by atoms with Crippen LogP contribution in [0.4, 0.5) is 0 Å². The number of fused-ring (bicyclic) bond motifs is 10. The first-order valence-corrected chi connectivity index (χ1v) is 14.4. The Morgan fingerprint density at radius 2 is 1.10 bits per heavy atom. The first-order chi connectivity index (χ1) is 19.3. The van der Waals surface area contributed by atoms with Gasteiger partial charge in [0.25, 0.3) is 0 Å². The lowest BCUT2D eigenvalue weighted by atomic mass is 10.1. The second kappa shape index (κ2) is 7.93. The summed E-state index contributed by atoms with van der Waals surface area (Å²) in [4.78, 5) is 14.9. The Balaban J connectivity index is 1.41. The Morgan fingerprint density at radius 3 is 1.77 bits per heavy atom. The average Bonchev–Trinajstić information content (AvgIpc) is 3.65. The molecule has 6 heterocycles. The number of hydrogen-bond donors (Lipinski definition) is 0. The zero-order valence-electron chi connectivity index (χ0n) is 20.5. The molecule has 39 heavy (non-hydrogen) atoms. The Kier molecular flexibility index (Phi) is 4.33. The Labute approximate surface area is 230 Å². The SMILES string of the molecule is c1ccc(-c2ccc3ccc4ccc(-n5c6c7ccccc7sc6c6sc7ccccc7c65)nc4c3n2)nc1. The lowest BCUT2D eigenvalue weighted by molar-refractivity contribution is 1.11. The number of thiophene rings is 2. The molecule has 6 aromatic heterocycles. The first-order valence-electron chi connectivity index (χ1n) is 12.8. The number of hydrogen-bond acceptors (Lipinski definition) is 5. The molecule has 0 saturated heterocycles. The molecule has 0 aliphatic heterocycles. The van der Waals surface area contributed by atoms with Crippen LogP contribution in [0.3, 0.4) is 0 Å². The van der Waals surface area contributed by atoms with Crippen LogP contribution < -0.4 is 0 Å². The molecule has 0 amide bonds. The molecule has 0 unspecified atom stereocenters. The molecule has 3 aromatic carbocycles. The van der Waals surface area contributed by atoms with Crippen LogP contribution >= 0.6 is 22.7 Å². The summed E-state index contributed by atoms with van der Waals surface area (Å²) in [5.41, 5.74) is 5.96. The van der Waals surface area contributed by atoms with Crippen LogP contribution in [0.5, 0.6) is 0 Å². The second-order valence-electron chi connectivity index (χ2n) is 9.68. The van der Waals surface area contributed by atoms with E-state index in [-0.39, 0.29) is 0 Å². The smallest absolute Gasteiger partial charge is 0.138 e. The molecular formula is C33H18N4S2. The summed E-state index contributed by atoms with van der Waals surface area (Å²) < 4.78 is 7.61. The lowest BCUT2D eigenvalue weighted by Crippen LogP contribution is -1.98. The number of nitrogens with zero attached hydrogens (tertiary/aromatic N) is 4. The highest BCUT2D eigenvalue weighted by atomic mass is 32.1. The maximum Gasteiger partial charge on any atom is 0.138 e. The van der Waals surface area contributed by atoms with Crippen molar-refractivity contribution in [1.29, 1.82) is 0 Å². The Morgan fingerprint density at radius 1 is 0.513 bits per heavy atom. The predicted molar refractivity (Wildman–Crippen MR) is 165 cm³/mol. The van der Waals surface area contributed by atoms with Gasteiger partial charge in [-0.25, -0.2) is 9.97 Å². The van der Waals surface area contributed by atoms with Gasteiger partial charge < -0.3 is 0 Å². The highest BCUT2D eigenvalue weighted by Crippen LogP contribution is 2.47. The van der Waals surface area contributed by atoms with Crippen LogP contribution in [0.1, 0.15) is 0 Å². The molecule has 0 spiro atoms. The third kappa shape index (κ3) is 3.01. The van der Waals surface area contributed by atoms with Crippen LogP contribution in [0, 0.1) is 0 Å². The van der Waals surface area contributed by atoms with Gasteiger partial charge in [0.15, 0.2) is 0 Å². The largest absolute Gasteiger partial charge is 0.291 e. The molecular weight excluding hydrogens is 517 g/mol. The molecule has 0 bridgehead atoms. The average molecular weight is 535 g/mol. The van der Waals surface area contributed by atoms with Crippen molar-refractivity contribution in [3.8, 4) is 17.2 Å². The predicted octanol–water partition coefficient (Wildman–Crippen LogP) is 9.37. The molecule has 9 rings (SSSR count). The van der Waals surface area contributed by atoms with E-state index in [0.29, 0.717) is 0 Å². The van der Waals surface area contributed by atoms with Gasteiger partial charge in [0, 0.05) is 37.1 Å². The van der Waals surface area contributed by atoms with Gasteiger partial charge in [-0.05, 0) is 42.5 Å². The van der Waals surface area contributed by atoms with Gasteiger partial charge in [-0.15, -0.1) is 22.7 Å². The van der Waals surface area contributed by atoms with E-state index < -0.39 is 0 Å². The number of benzene rings is 3. The monoisotopic (exact) mass is 534 g/mol. The second-order valence-corrected chi connectivity index (χ2v) is 11.8. The molecule has 4 nitrogen and oxygen atoms in total. The van der Waals surface area contributed by atoms with Gasteiger partial charge in [-0.2, -0.15) is 0 Å². The fraction of sp³-hybridized carbons (Fsp3) is 0. The van der Waals surface area contributed by atoms with Crippen LogP contribution in [-0.4, -0.2) is 19.5 Å². The van der Waals surface area contributed by atoms with Crippen molar-refractivity contribution in [3.05, 3.63) is 109 Å². The summed E-state index contributed by atoms with van der Waals surface area (Å²) in [7, 11) is 0. The molecule has 0 fully saturated rings. The molecule has 0 aliphatic rings. The number of pyridine rings is 3. The zero-order chi connectivity index (χ0) is 25.5. The van der Waals surface area contributed by atoms with E-state index in [2.05, 4.69) is 88.4 Å². The molecule has 0 N–H and O–H groups in total. The van der Waals surface area contributed by atoms with E-state index in [1.54, 1.807) is 6.20 Å². The lowest BCUT2D eigenvalue weighted by Gasteiger charge is -2.10. The molecule has 0 saturated carbocycles. The van der Waals surface area contributed by atoms with Crippen molar-refractivity contribution < 1.29 is 0 Å². The zero-order valence-corrected chi connectivity index (χ0v) is 22.1. The van der Waals surface area contributed by atoms with Gasteiger partial charge in [0.2, 0.25) is 0 Å². The van der Waals surface area contributed by atoms with Crippen LogP contribution in [0.2, 0.25) is 0 Å². The molecule has 9 aromatic rings. The van der Waals surface area contributed by atoms with Gasteiger partial charge >= 0.3 is 0 Å². The van der Waals surface area contributed by atoms with Crippen LogP contribution in [0.15, 0.2) is 109 Å². The van der Waals surface area contributed by atoms with Crippen molar-refractivity contribution in [1.82, 2.24) is 19.5 Å². The summed E-state index contributed by atoms with van der Waals surface area (Å²) in [5.74, 6) is 0.909. The topological polar surface area (TPSA) is 43.6 Å². The summed E-state index contributed by atoms with van der Waals surface area (Å²) in [6.45, 7) is 0. The molecule has 0 radical (unpaired) electrons. The highest BCUT2D eigenvalue weighted by Gasteiger charge is 2.22. The molecule has 0 aliphatic carbocycles. The van der Waals surface area contributed by atoms with Crippen molar-refractivity contribution >= 4 is 85.1 Å². The number of aromatic nitrogens is 4. The van der Waals surface area contributed by atoms with Crippen molar-refractivity contribution in [2.75, 3.05) is 0 Å². The maximum atomic E-state index is 5.34. The minimum atomic E-state index is 0.848. The van der Waals surface area contributed by atoms with E-state index in [1.165, 1.54) is 40.6 Å². The third-order valence-electron chi connectivity index (χ3n) is 7.45. The highest BCUT2D eigenvalue weighted by molar-refractivity contribution is 7.33. The van der Waals surface area contributed by atoms with E-state index in [1.807, 2.05) is 46.9 Å². The molecule has 6 heteroatoms. The van der Waals surface area contributed by atoms with Gasteiger partial charge in [0.1, 0.15) is 5.82 Å². The van der Waals surface area contributed by atoms with E-state index >= 15 is 0 Å².